The van der Waals surface area contributed by atoms with Crippen LogP contribution in [-0.4, -0.2) is 50.1 Å². The molecule has 160 valence electrons. The molecular formula is C26H29N3O2. The molecule has 1 saturated heterocycles. The van der Waals surface area contributed by atoms with Gasteiger partial charge in [0.15, 0.2) is 0 Å². The number of carbonyl (C=O) groups excluding carboxylic acids is 1. The molecule has 0 unspecified atom stereocenters. The average molecular weight is 416 g/mol. The molecule has 0 saturated carbocycles. The lowest BCUT2D eigenvalue weighted by Gasteiger charge is -2.36. The van der Waals surface area contributed by atoms with Crippen LogP contribution < -0.4 is 10.2 Å². The molecule has 0 aliphatic carbocycles. The van der Waals surface area contributed by atoms with Gasteiger partial charge in [0.1, 0.15) is 0 Å². The predicted molar refractivity (Wildman–Crippen MR) is 126 cm³/mol. The van der Waals surface area contributed by atoms with Gasteiger partial charge in [0, 0.05) is 49.7 Å². The van der Waals surface area contributed by atoms with Gasteiger partial charge in [-0.05, 0) is 42.0 Å². The Labute approximate surface area is 184 Å². The molecule has 5 heteroatoms. The number of hydrogen-bond acceptors (Lipinski definition) is 4. The SMILES string of the molecule is O=C(c1ccc(NCCOCc2ccccc2)cc1)N1CCN(c2ccccc2)CC1. The standard InChI is InChI=1S/C26H29N3O2/c30-26(29-18-16-28(17-19-29)25-9-5-2-6-10-25)23-11-13-24(14-12-23)27-15-20-31-21-22-7-3-1-4-8-22/h1-14,27H,15-21H2. The quantitative estimate of drug-likeness (QED) is 0.558. The fourth-order valence-corrected chi connectivity index (χ4v) is 3.75. The van der Waals surface area contributed by atoms with E-state index in [1.54, 1.807) is 0 Å². The molecule has 5 nitrogen and oxygen atoms in total. The van der Waals surface area contributed by atoms with Gasteiger partial charge in [-0.15, -0.1) is 0 Å². The molecule has 1 heterocycles. The van der Waals surface area contributed by atoms with Gasteiger partial charge in [-0.2, -0.15) is 0 Å². The van der Waals surface area contributed by atoms with E-state index in [0.717, 1.165) is 44.0 Å². The van der Waals surface area contributed by atoms with E-state index in [-0.39, 0.29) is 5.91 Å². The van der Waals surface area contributed by atoms with E-state index in [0.29, 0.717) is 13.2 Å². The highest BCUT2D eigenvalue weighted by Crippen LogP contribution is 2.17. The van der Waals surface area contributed by atoms with Crippen LogP contribution in [-0.2, 0) is 11.3 Å². The Morgan fingerprint density at radius 2 is 1.45 bits per heavy atom. The fourth-order valence-electron chi connectivity index (χ4n) is 3.75. The second-order valence-electron chi connectivity index (χ2n) is 7.66. The van der Waals surface area contributed by atoms with Crippen LogP contribution in [0.1, 0.15) is 15.9 Å². The van der Waals surface area contributed by atoms with Gasteiger partial charge >= 0.3 is 0 Å². The number of piperazine rings is 1. The van der Waals surface area contributed by atoms with Crippen molar-refractivity contribution in [1.82, 2.24) is 4.90 Å². The molecule has 0 spiro atoms. The third kappa shape index (κ3) is 5.86. The zero-order chi connectivity index (χ0) is 21.3. The molecule has 1 fully saturated rings. The minimum Gasteiger partial charge on any atom is -0.383 e. The minimum absolute atomic E-state index is 0.102. The van der Waals surface area contributed by atoms with Crippen LogP contribution in [0.25, 0.3) is 0 Å². The van der Waals surface area contributed by atoms with Crippen molar-refractivity contribution in [2.24, 2.45) is 0 Å². The number of carbonyl (C=O) groups is 1. The van der Waals surface area contributed by atoms with Crippen molar-refractivity contribution >= 4 is 17.3 Å². The minimum atomic E-state index is 0.102. The number of ether oxygens (including phenoxy) is 1. The molecule has 0 radical (unpaired) electrons. The summed E-state index contributed by atoms with van der Waals surface area (Å²) in [5, 5.41) is 3.34. The molecule has 3 aromatic rings. The van der Waals surface area contributed by atoms with E-state index >= 15 is 0 Å². The molecule has 0 bridgehead atoms. The number of nitrogens with zero attached hydrogens (tertiary/aromatic N) is 2. The normalized spacial score (nSPS) is 13.8. The molecule has 0 atom stereocenters. The number of para-hydroxylation sites is 1. The molecule has 0 aromatic heterocycles. The zero-order valence-electron chi connectivity index (χ0n) is 17.7. The maximum atomic E-state index is 12.9. The third-order valence-corrected chi connectivity index (χ3v) is 5.51. The zero-order valence-corrected chi connectivity index (χ0v) is 17.7. The van der Waals surface area contributed by atoms with E-state index in [4.69, 9.17) is 4.74 Å². The lowest BCUT2D eigenvalue weighted by molar-refractivity contribution is 0.0747. The monoisotopic (exact) mass is 415 g/mol. The Balaban J connectivity index is 1.19. The van der Waals surface area contributed by atoms with Gasteiger partial charge < -0.3 is 19.9 Å². The van der Waals surface area contributed by atoms with Crippen molar-refractivity contribution in [2.45, 2.75) is 6.61 Å². The summed E-state index contributed by atoms with van der Waals surface area (Å²) in [6, 6.07) is 28.3. The van der Waals surface area contributed by atoms with Crippen molar-refractivity contribution in [1.29, 1.82) is 0 Å². The number of anilines is 2. The highest BCUT2D eigenvalue weighted by Gasteiger charge is 2.22. The summed E-state index contributed by atoms with van der Waals surface area (Å²) < 4.78 is 5.70. The molecule has 1 aliphatic rings. The van der Waals surface area contributed by atoms with Gasteiger partial charge in [-0.1, -0.05) is 48.5 Å². The second kappa shape index (κ2) is 10.6. The third-order valence-electron chi connectivity index (χ3n) is 5.51. The van der Waals surface area contributed by atoms with Crippen LogP contribution in [0.3, 0.4) is 0 Å². The average Bonchev–Trinajstić information content (AvgIpc) is 2.85. The lowest BCUT2D eigenvalue weighted by atomic mass is 10.1. The smallest absolute Gasteiger partial charge is 0.253 e. The van der Waals surface area contributed by atoms with Crippen molar-refractivity contribution in [2.75, 3.05) is 49.5 Å². The molecule has 4 rings (SSSR count). The Bertz CT molecular complexity index is 937. The van der Waals surface area contributed by atoms with Crippen LogP contribution in [0.15, 0.2) is 84.9 Å². The van der Waals surface area contributed by atoms with Crippen LogP contribution in [0.5, 0.6) is 0 Å². The summed E-state index contributed by atoms with van der Waals surface area (Å²) in [5.74, 6) is 0.102. The lowest BCUT2D eigenvalue weighted by Crippen LogP contribution is -2.48. The van der Waals surface area contributed by atoms with Gasteiger partial charge in [-0.3, -0.25) is 4.79 Å². The van der Waals surface area contributed by atoms with E-state index in [1.165, 1.54) is 11.3 Å². The molecule has 1 aliphatic heterocycles. The first kappa shape index (κ1) is 20.9. The number of benzene rings is 3. The summed E-state index contributed by atoms with van der Waals surface area (Å²) in [5.41, 5.74) is 4.13. The number of nitrogens with one attached hydrogen (secondary N) is 1. The highest BCUT2D eigenvalue weighted by molar-refractivity contribution is 5.94. The second-order valence-corrected chi connectivity index (χ2v) is 7.66. The number of amides is 1. The van der Waals surface area contributed by atoms with Gasteiger partial charge in [0.05, 0.1) is 13.2 Å². The van der Waals surface area contributed by atoms with Crippen LogP contribution in [0, 0.1) is 0 Å². The van der Waals surface area contributed by atoms with E-state index in [1.807, 2.05) is 53.4 Å². The Kier molecular flexibility index (Phi) is 7.19. The van der Waals surface area contributed by atoms with E-state index in [9.17, 15) is 4.79 Å². The van der Waals surface area contributed by atoms with Crippen LogP contribution in [0.4, 0.5) is 11.4 Å². The van der Waals surface area contributed by atoms with Gasteiger partial charge in [0.25, 0.3) is 5.91 Å². The van der Waals surface area contributed by atoms with Crippen molar-refractivity contribution < 1.29 is 9.53 Å². The van der Waals surface area contributed by atoms with E-state index < -0.39 is 0 Å². The maximum Gasteiger partial charge on any atom is 0.253 e. The Morgan fingerprint density at radius 1 is 0.806 bits per heavy atom. The van der Waals surface area contributed by atoms with Crippen molar-refractivity contribution in [3.8, 4) is 0 Å². The first-order valence-electron chi connectivity index (χ1n) is 10.8. The first-order valence-corrected chi connectivity index (χ1v) is 10.8. The van der Waals surface area contributed by atoms with E-state index in [2.05, 4.69) is 46.6 Å². The number of rotatable bonds is 8. The Morgan fingerprint density at radius 3 is 2.13 bits per heavy atom. The molecule has 1 N–H and O–H groups in total. The molecule has 1 amide bonds. The largest absolute Gasteiger partial charge is 0.383 e. The molecule has 31 heavy (non-hydrogen) atoms. The maximum absolute atomic E-state index is 12.9. The highest BCUT2D eigenvalue weighted by atomic mass is 16.5. The number of hydrogen-bond donors (Lipinski definition) is 1. The van der Waals surface area contributed by atoms with Crippen molar-refractivity contribution in [3.05, 3.63) is 96.1 Å². The summed E-state index contributed by atoms with van der Waals surface area (Å²) in [4.78, 5) is 17.1. The topological polar surface area (TPSA) is 44.8 Å². The summed E-state index contributed by atoms with van der Waals surface area (Å²) in [6.07, 6.45) is 0. The van der Waals surface area contributed by atoms with Crippen LogP contribution in [0.2, 0.25) is 0 Å². The Hall–Kier alpha value is -3.31. The molecule has 3 aromatic carbocycles. The summed E-state index contributed by atoms with van der Waals surface area (Å²) >= 11 is 0. The summed E-state index contributed by atoms with van der Waals surface area (Å²) in [6.45, 7) is 5.17. The van der Waals surface area contributed by atoms with Gasteiger partial charge in [0.2, 0.25) is 0 Å². The summed E-state index contributed by atoms with van der Waals surface area (Å²) in [7, 11) is 0. The molecular weight excluding hydrogens is 386 g/mol. The van der Waals surface area contributed by atoms with Crippen molar-refractivity contribution in [3.63, 3.8) is 0 Å². The fraction of sp³-hybridized carbons (Fsp3) is 0.269. The van der Waals surface area contributed by atoms with Gasteiger partial charge in [-0.25, -0.2) is 0 Å². The van der Waals surface area contributed by atoms with Crippen LogP contribution >= 0.6 is 0 Å². The predicted octanol–water partition coefficient (Wildman–Crippen LogP) is 4.28. The first-order chi connectivity index (χ1) is 15.3.